The van der Waals surface area contributed by atoms with Gasteiger partial charge in [-0.3, -0.25) is 4.99 Å². The third-order valence-electron chi connectivity index (χ3n) is 5.05. The van der Waals surface area contributed by atoms with E-state index in [2.05, 4.69) is 66.4 Å². The predicted octanol–water partition coefficient (Wildman–Crippen LogP) is 3.75. The normalized spacial score (nSPS) is 18.5. The largest absolute Gasteiger partial charge is 0.356 e. The molecule has 1 atom stereocenters. The number of nitrogens with one attached hydrogen (secondary N) is 2. The smallest absolute Gasteiger partial charge is 0.190 e. The lowest BCUT2D eigenvalue weighted by Crippen LogP contribution is -2.46. The Hall–Kier alpha value is -0.820. The van der Waals surface area contributed by atoms with Crippen LogP contribution in [-0.2, 0) is 6.42 Å². The number of guanidine groups is 1. The number of likely N-dealkylation sites (tertiary alicyclic amines) is 1. The number of piperidine rings is 1. The van der Waals surface area contributed by atoms with Crippen LogP contribution in [-0.4, -0.2) is 50.1 Å². The minimum absolute atomic E-state index is 0. The van der Waals surface area contributed by atoms with Crippen molar-refractivity contribution in [1.29, 1.82) is 0 Å². The Morgan fingerprint density at radius 3 is 2.50 bits per heavy atom. The number of benzene rings is 1. The molecule has 1 aromatic rings. The number of halogens is 1. The summed E-state index contributed by atoms with van der Waals surface area (Å²) in [5.41, 5.74) is 4.06. The predicted molar refractivity (Wildman–Crippen MR) is 124 cm³/mol. The average molecular weight is 472 g/mol. The van der Waals surface area contributed by atoms with E-state index in [0.29, 0.717) is 12.0 Å². The highest BCUT2D eigenvalue weighted by Crippen LogP contribution is 2.17. The number of nitrogens with zero attached hydrogens (tertiary/aromatic N) is 2. The maximum absolute atomic E-state index is 4.37. The fourth-order valence-corrected chi connectivity index (χ4v) is 3.73. The first-order chi connectivity index (χ1) is 12.0. The second-order valence-corrected chi connectivity index (χ2v) is 7.72. The topological polar surface area (TPSA) is 39.7 Å². The van der Waals surface area contributed by atoms with Crippen LogP contribution < -0.4 is 10.6 Å². The third-order valence-corrected chi connectivity index (χ3v) is 5.05. The minimum atomic E-state index is 0. The highest BCUT2D eigenvalue weighted by molar-refractivity contribution is 14.0. The van der Waals surface area contributed by atoms with Gasteiger partial charge in [-0.15, -0.1) is 24.0 Å². The molecule has 1 heterocycles. The van der Waals surface area contributed by atoms with E-state index >= 15 is 0 Å². The molecule has 0 radical (unpaired) electrons. The van der Waals surface area contributed by atoms with Crippen molar-refractivity contribution in [2.24, 2.45) is 10.9 Å². The Bertz CT molecular complexity index is 551. The van der Waals surface area contributed by atoms with Crippen molar-refractivity contribution in [3.05, 3.63) is 34.9 Å². The monoisotopic (exact) mass is 472 g/mol. The number of aryl methyl sites for hydroxylation is 2. The van der Waals surface area contributed by atoms with Crippen molar-refractivity contribution in [3.63, 3.8) is 0 Å². The molecule has 5 heteroatoms. The van der Waals surface area contributed by atoms with Gasteiger partial charge in [-0.1, -0.05) is 29.3 Å². The molecule has 2 rings (SSSR count). The molecule has 0 spiro atoms. The first-order valence-electron chi connectivity index (χ1n) is 9.73. The van der Waals surface area contributed by atoms with E-state index < -0.39 is 0 Å². The van der Waals surface area contributed by atoms with Crippen LogP contribution in [0, 0.1) is 19.8 Å². The van der Waals surface area contributed by atoms with E-state index in [1.807, 2.05) is 7.05 Å². The van der Waals surface area contributed by atoms with Crippen molar-refractivity contribution in [3.8, 4) is 0 Å². The minimum Gasteiger partial charge on any atom is -0.356 e. The van der Waals surface area contributed by atoms with Crippen molar-refractivity contribution in [1.82, 2.24) is 15.5 Å². The number of hydrogen-bond donors (Lipinski definition) is 2. The fourth-order valence-electron chi connectivity index (χ4n) is 3.73. The summed E-state index contributed by atoms with van der Waals surface area (Å²) in [4.78, 5) is 6.96. The Morgan fingerprint density at radius 2 is 1.88 bits per heavy atom. The molecule has 1 unspecified atom stereocenters. The van der Waals surface area contributed by atoms with Crippen LogP contribution in [0.3, 0.4) is 0 Å². The van der Waals surface area contributed by atoms with Crippen LogP contribution in [0.1, 0.15) is 43.4 Å². The summed E-state index contributed by atoms with van der Waals surface area (Å²) < 4.78 is 0. The highest BCUT2D eigenvalue weighted by atomic mass is 127. The average Bonchev–Trinajstić information content (AvgIpc) is 2.57. The van der Waals surface area contributed by atoms with Crippen molar-refractivity contribution < 1.29 is 0 Å². The summed E-state index contributed by atoms with van der Waals surface area (Å²) in [7, 11) is 1.85. The van der Waals surface area contributed by atoms with Crippen LogP contribution in [0.5, 0.6) is 0 Å². The Morgan fingerprint density at radius 1 is 1.19 bits per heavy atom. The van der Waals surface area contributed by atoms with E-state index in [1.54, 1.807) is 0 Å². The van der Waals surface area contributed by atoms with Crippen LogP contribution in [0.4, 0.5) is 0 Å². The zero-order valence-electron chi connectivity index (χ0n) is 17.1. The van der Waals surface area contributed by atoms with E-state index in [0.717, 1.165) is 25.5 Å². The van der Waals surface area contributed by atoms with Crippen molar-refractivity contribution in [2.45, 2.75) is 53.0 Å². The summed E-state index contributed by atoms with van der Waals surface area (Å²) in [5.74, 6) is 1.64. The molecule has 0 saturated carbocycles. The third kappa shape index (κ3) is 7.82. The molecular formula is C21H37IN4. The number of aliphatic imine (C=N–C) groups is 1. The zero-order chi connectivity index (χ0) is 18.2. The quantitative estimate of drug-likeness (QED) is 0.377. The second-order valence-electron chi connectivity index (χ2n) is 7.72. The van der Waals surface area contributed by atoms with Crippen LogP contribution in [0.25, 0.3) is 0 Å². The zero-order valence-corrected chi connectivity index (χ0v) is 19.5. The fraction of sp³-hybridized carbons (Fsp3) is 0.667. The molecule has 0 aromatic heterocycles. The summed E-state index contributed by atoms with van der Waals surface area (Å²) in [5, 5.41) is 6.98. The first kappa shape index (κ1) is 23.2. The summed E-state index contributed by atoms with van der Waals surface area (Å²) in [6, 6.07) is 7.42. The lowest BCUT2D eigenvalue weighted by molar-refractivity contribution is 0.141. The maximum Gasteiger partial charge on any atom is 0.190 e. The van der Waals surface area contributed by atoms with Gasteiger partial charge in [-0.2, -0.15) is 0 Å². The molecule has 1 aromatic carbocycles. The van der Waals surface area contributed by atoms with Gasteiger partial charge in [-0.05, 0) is 65.0 Å². The van der Waals surface area contributed by atoms with Crippen LogP contribution >= 0.6 is 24.0 Å². The second kappa shape index (κ2) is 11.8. The molecule has 1 aliphatic rings. The molecule has 1 aliphatic heterocycles. The van der Waals surface area contributed by atoms with Gasteiger partial charge in [0.15, 0.2) is 5.96 Å². The number of hydrogen-bond acceptors (Lipinski definition) is 2. The summed E-state index contributed by atoms with van der Waals surface area (Å²) in [6.07, 6.45) is 3.65. The van der Waals surface area contributed by atoms with Crippen molar-refractivity contribution in [2.75, 3.05) is 33.2 Å². The first-order valence-corrected chi connectivity index (χ1v) is 9.73. The van der Waals surface area contributed by atoms with Crippen molar-refractivity contribution >= 4 is 29.9 Å². The molecule has 0 aliphatic carbocycles. The van der Waals surface area contributed by atoms with Crippen LogP contribution in [0.2, 0.25) is 0 Å². The van der Waals surface area contributed by atoms with Gasteiger partial charge in [-0.25, -0.2) is 0 Å². The summed E-state index contributed by atoms with van der Waals surface area (Å²) >= 11 is 0. The lowest BCUT2D eigenvalue weighted by Gasteiger charge is -2.35. The standard InChI is InChI=1S/C21H36N4.HI/c1-16(2)25-10-6-7-20(15-25)14-24-21(22-5)23-9-8-19-12-17(3)11-18(4)13-19;/h11-13,16,20H,6-10,14-15H2,1-5H3,(H2,22,23,24);1H. The highest BCUT2D eigenvalue weighted by Gasteiger charge is 2.21. The molecular weight excluding hydrogens is 435 g/mol. The Kier molecular flexibility index (Phi) is 10.5. The van der Waals surface area contributed by atoms with E-state index in [-0.39, 0.29) is 24.0 Å². The van der Waals surface area contributed by atoms with Gasteiger partial charge in [0, 0.05) is 32.7 Å². The Labute approximate surface area is 177 Å². The van der Waals surface area contributed by atoms with Gasteiger partial charge < -0.3 is 15.5 Å². The maximum atomic E-state index is 4.37. The SMILES string of the molecule is CN=C(NCCc1cc(C)cc(C)c1)NCC1CCCN(C(C)C)C1.I. The molecule has 0 amide bonds. The molecule has 0 bridgehead atoms. The lowest BCUT2D eigenvalue weighted by atomic mass is 9.97. The van der Waals surface area contributed by atoms with Gasteiger partial charge in [0.2, 0.25) is 0 Å². The van der Waals surface area contributed by atoms with Gasteiger partial charge in [0.25, 0.3) is 0 Å². The van der Waals surface area contributed by atoms with Gasteiger partial charge >= 0.3 is 0 Å². The molecule has 4 nitrogen and oxygen atoms in total. The van der Waals surface area contributed by atoms with Crippen LogP contribution in [0.15, 0.2) is 23.2 Å². The Balaban J connectivity index is 0.00000338. The summed E-state index contributed by atoms with van der Waals surface area (Å²) in [6.45, 7) is 13.3. The van der Waals surface area contributed by atoms with Gasteiger partial charge in [0.1, 0.15) is 0 Å². The molecule has 1 saturated heterocycles. The molecule has 148 valence electrons. The van der Waals surface area contributed by atoms with E-state index in [9.17, 15) is 0 Å². The van der Waals surface area contributed by atoms with E-state index in [1.165, 1.54) is 42.6 Å². The van der Waals surface area contributed by atoms with E-state index in [4.69, 9.17) is 0 Å². The molecule has 26 heavy (non-hydrogen) atoms. The molecule has 1 fully saturated rings. The van der Waals surface area contributed by atoms with Gasteiger partial charge in [0.05, 0.1) is 0 Å². The number of rotatable bonds is 6. The molecule has 2 N–H and O–H groups in total.